The van der Waals surface area contributed by atoms with Crippen molar-refractivity contribution in [2.75, 3.05) is 31.2 Å². The lowest BCUT2D eigenvalue weighted by Gasteiger charge is -2.29. The smallest absolute Gasteiger partial charge is 0.251 e. The molecule has 1 N–H and O–H groups in total. The average Bonchev–Trinajstić information content (AvgIpc) is 2.63. The normalized spacial score (nSPS) is 15.8. The molecule has 0 bridgehead atoms. The summed E-state index contributed by atoms with van der Waals surface area (Å²) in [5.41, 5.74) is 2.88. The summed E-state index contributed by atoms with van der Waals surface area (Å²) in [4.78, 5) is 18.9. The molecule has 0 aliphatic carbocycles. The molecule has 0 spiro atoms. The second kappa shape index (κ2) is 7.93. The van der Waals surface area contributed by atoms with Crippen molar-refractivity contribution in [2.24, 2.45) is 0 Å². The lowest BCUT2D eigenvalue weighted by atomic mass is 10.1. The van der Waals surface area contributed by atoms with E-state index in [0.29, 0.717) is 5.56 Å². The van der Waals surface area contributed by atoms with Crippen LogP contribution in [0.15, 0.2) is 48.8 Å². The maximum absolute atomic E-state index is 12.5. The van der Waals surface area contributed by atoms with Crippen LogP contribution in [0.25, 0.3) is 0 Å². The minimum atomic E-state index is -0.0403. The van der Waals surface area contributed by atoms with Gasteiger partial charge in [-0.3, -0.25) is 9.78 Å². The van der Waals surface area contributed by atoms with Crippen molar-refractivity contribution in [1.29, 1.82) is 0 Å². The third kappa shape index (κ3) is 4.32. The highest BCUT2D eigenvalue weighted by Gasteiger charge is 2.14. The molecule has 0 unspecified atom stereocenters. The SMILES string of the molecule is C[C@@H](Cc1cccnc1)NC(=O)c1cccc(N2CCOCC2)c1. The second-order valence-corrected chi connectivity index (χ2v) is 6.09. The van der Waals surface area contributed by atoms with E-state index >= 15 is 0 Å². The summed E-state index contributed by atoms with van der Waals surface area (Å²) in [5, 5.41) is 3.06. The molecule has 1 aromatic carbocycles. The van der Waals surface area contributed by atoms with E-state index < -0.39 is 0 Å². The third-order valence-electron chi connectivity index (χ3n) is 4.13. The summed E-state index contributed by atoms with van der Waals surface area (Å²) in [6, 6.07) is 11.8. The Morgan fingerprint density at radius 2 is 2.12 bits per heavy atom. The maximum atomic E-state index is 12.5. The van der Waals surface area contributed by atoms with E-state index in [9.17, 15) is 4.79 Å². The first-order valence-corrected chi connectivity index (χ1v) is 8.35. The van der Waals surface area contributed by atoms with Crippen LogP contribution < -0.4 is 10.2 Å². The number of nitrogens with one attached hydrogen (secondary N) is 1. The van der Waals surface area contributed by atoms with Crippen LogP contribution in [-0.4, -0.2) is 43.2 Å². The Morgan fingerprint density at radius 3 is 2.88 bits per heavy atom. The van der Waals surface area contributed by atoms with Gasteiger partial charge in [-0.1, -0.05) is 12.1 Å². The zero-order valence-electron chi connectivity index (χ0n) is 13.9. The number of amides is 1. The van der Waals surface area contributed by atoms with Crippen molar-refractivity contribution in [2.45, 2.75) is 19.4 Å². The van der Waals surface area contributed by atoms with E-state index in [1.54, 1.807) is 6.20 Å². The summed E-state index contributed by atoms with van der Waals surface area (Å²) < 4.78 is 5.38. The van der Waals surface area contributed by atoms with Crippen LogP contribution in [0.2, 0.25) is 0 Å². The van der Waals surface area contributed by atoms with Crippen LogP contribution >= 0.6 is 0 Å². The summed E-state index contributed by atoms with van der Waals surface area (Å²) in [7, 11) is 0. The number of pyridine rings is 1. The zero-order chi connectivity index (χ0) is 16.8. The van der Waals surface area contributed by atoms with Crippen LogP contribution in [0.1, 0.15) is 22.8 Å². The Morgan fingerprint density at radius 1 is 1.29 bits per heavy atom. The number of nitrogens with zero attached hydrogens (tertiary/aromatic N) is 2. The number of hydrogen-bond donors (Lipinski definition) is 1. The number of hydrogen-bond acceptors (Lipinski definition) is 4. The molecule has 24 heavy (non-hydrogen) atoms. The Kier molecular flexibility index (Phi) is 5.43. The van der Waals surface area contributed by atoms with Crippen molar-refractivity contribution < 1.29 is 9.53 Å². The highest BCUT2D eigenvalue weighted by molar-refractivity contribution is 5.95. The minimum absolute atomic E-state index is 0.0403. The highest BCUT2D eigenvalue weighted by atomic mass is 16.5. The number of carbonyl (C=O) groups excluding carboxylic acids is 1. The van der Waals surface area contributed by atoms with Gasteiger partial charge in [0.2, 0.25) is 0 Å². The fourth-order valence-corrected chi connectivity index (χ4v) is 2.90. The van der Waals surface area contributed by atoms with Crippen LogP contribution in [-0.2, 0) is 11.2 Å². The molecule has 1 fully saturated rings. The van der Waals surface area contributed by atoms with E-state index in [1.165, 1.54) is 0 Å². The van der Waals surface area contributed by atoms with Crippen molar-refractivity contribution in [3.05, 3.63) is 59.9 Å². The lowest BCUT2D eigenvalue weighted by Crippen LogP contribution is -2.37. The van der Waals surface area contributed by atoms with E-state index in [0.717, 1.165) is 44.0 Å². The first-order chi connectivity index (χ1) is 11.7. The Balaban J connectivity index is 1.62. The minimum Gasteiger partial charge on any atom is -0.378 e. The molecule has 1 saturated heterocycles. The molecular weight excluding hydrogens is 302 g/mol. The number of carbonyl (C=O) groups is 1. The molecule has 126 valence electrons. The van der Waals surface area contributed by atoms with Crippen molar-refractivity contribution in [1.82, 2.24) is 10.3 Å². The number of anilines is 1. The molecule has 5 heteroatoms. The van der Waals surface area contributed by atoms with Crippen LogP contribution in [0, 0.1) is 0 Å². The number of aromatic nitrogens is 1. The Bertz CT molecular complexity index is 669. The van der Waals surface area contributed by atoms with Gasteiger partial charge in [0.05, 0.1) is 13.2 Å². The first kappa shape index (κ1) is 16.5. The standard InChI is InChI=1S/C19H23N3O2/c1-15(12-16-4-3-7-20-14-16)21-19(23)17-5-2-6-18(13-17)22-8-10-24-11-9-22/h2-7,13-15H,8-12H2,1H3,(H,21,23)/t15-/m0/s1. The van der Waals surface area contributed by atoms with Gasteiger partial charge in [-0.15, -0.1) is 0 Å². The van der Waals surface area contributed by atoms with E-state index in [4.69, 9.17) is 4.74 Å². The molecule has 3 rings (SSSR count). The van der Waals surface area contributed by atoms with Gasteiger partial charge >= 0.3 is 0 Å². The Labute approximate surface area is 142 Å². The topological polar surface area (TPSA) is 54.5 Å². The molecule has 1 aromatic heterocycles. The summed E-state index contributed by atoms with van der Waals surface area (Å²) in [5.74, 6) is -0.0403. The van der Waals surface area contributed by atoms with Crippen LogP contribution in [0.4, 0.5) is 5.69 Å². The van der Waals surface area contributed by atoms with E-state index in [-0.39, 0.29) is 11.9 Å². The van der Waals surface area contributed by atoms with Gasteiger partial charge in [0, 0.05) is 42.8 Å². The Hall–Kier alpha value is -2.40. The van der Waals surface area contributed by atoms with Crippen molar-refractivity contribution >= 4 is 11.6 Å². The fourth-order valence-electron chi connectivity index (χ4n) is 2.90. The van der Waals surface area contributed by atoms with Gasteiger partial charge < -0.3 is 15.0 Å². The van der Waals surface area contributed by atoms with E-state index in [1.807, 2.05) is 49.5 Å². The quantitative estimate of drug-likeness (QED) is 0.916. The molecule has 5 nitrogen and oxygen atoms in total. The number of morpholine rings is 1. The number of benzene rings is 1. The summed E-state index contributed by atoms with van der Waals surface area (Å²) in [6.45, 7) is 5.21. The summed E-state index contributed by atoms with van der Waals surface area (Å²) in [6.07, 6.45) is 4.36. The van der Waals surface area contributed by atoms with Gasteiger partial charge in [0.25, 0.3) is 5.91 Å². The van der Waals surface area contributed by atoms with Crippen LogP contribution in [0.3, 0.4) is 0 Å². The predicted octanol–water partition coefficient (Wildman–Crippen LogP) is 2.28. The molecule has 2 aromatic rings. The largest absolute Gasteiger partial charge is 0.378 e. The number of rotatable bonds is 5. The molecule has 1 aliphatic heterocycles. The van der Waals surface area contributed by atoms with Crippen molar-refractivity contribution in [3.63, 3.8) is 0 Å². The van der Waals surface area contributed by atoms with Gasteiger partial charge in [0.15, 0.2) is 0 Å². The lowest BCUT2D eigenvalue weighted by molar-refractivity contribution is 0.0940. The zero-order valence-corrected chi connectivity index (χ0v) is 13.9. The van der Waals surface area contributed by atoms with Gasteiger partial charge in [0.1, 0.15) is 0 Å². The molecule has 1 atom stereocenters. The number of ether oxygens (including phenoxy) is 1. The average molecular weight is 325 g/mol. The van der Waals surface area contributed by atoms with Gasteiger partial charge in [-0.05, 0) is 43.2 Å². The van der Waals surface area contributed by atoms with Crippen LogP contribution in [0.5, 0.6) is 0 Å². The predicted molar refractivity (Wildman–Crippen MR) is 94.3 cm³/mol. The molecule has 1 aliphatic rings. The third-order valence-corrected chi connectivity index (χ3v) is 4.13. The second-order valence-electron chi connectivity index (χ2n) is 6.09. The highest BCUT2D eigenvalue weighted by Crippen LogP contribution is 2.17. The van der Waals surface area contributed by atoms with E-state index in [2.05, 4.69) is 15.2 Å². The molecular formula is C19H23N3O2. The molecule has 1 amide bonds. The molecule has 0 radical (unpaired) electrons. The molecule has 0 saturated carbocycles. The first-order valence-electron chi connectivity index (χ1n) is 8.35. The molecule has 2 heterocycles. The fraction of sp³-hybridized carbons (Fsp3) is 0.368. The van der Waals surface area contributed by atoms with Gasteiger partial charge in [-0.2, -0.15) is 0 Å². The summed E-state index contributed by atoms with van der Waals surface area (Å²) >= 11 is 0. The maximum Gasteiger partial charge on any atom is 0.251 e. The van der Waals surface area contributed by atoms with Gasteiger partial charge in [-0.25, -0.2) is 0 Å². The van der Waals surface area contributed by atoms with Crippen molar-refractivity contribution in [3.8, 4) is 0 Å². The monoisotopic (exact) mass is 325 g/mol.